The Kier molecular flexibility index (Phi) is 8.36. The van der Waals surface area contributed by atoms with E-state index in [4.69, 9.17) is 16.3 Å². The van der Waals surface area contributed by atoms with Gasteiger partial charge < -0.3 is 31.5 Å². The van der Waals surface area contributed by atoms with E-state index in [9.17, 15) is 29.1 Å². The van der Waals surface area contributed by atoms with Crippen molar-refractivity contribution in [1.82, 2.24) is 15.2 Å². The number of nitrogens with one attached hydrogen (secondary N) is 1. The van der Waals surface area contributed by atoms with E-state index in [0.29, 0.717) is 4.91 Å². The molecule has 3 heterocycles. The first-order chi connectivity index (χ1) is 16.6. The summed E-state index contributed by atoms with van der Waals surface area (Å²) in [5, 5.41) is 18.0. The third-order valence-electron chi connectivity index (χ3n) is 4.38. The van der Waals surface area contributed by atoms with Gasteiger partial charge in [0.15, 0.2) is 17.5 Å². The van der Waals surface area contributed by atoms with Gasteiger partial charge in [-0.25, -0.2) is 14.6 Å². The van der Waals surface area contributed by atoms with Crippen molar-refractivity contribution in [2.75, 3.05) is 25.2 Å². The number of thiazole rings is 1. The molecule has 0 unspecified atom stereocenters. The number of carboxylic acid groups (broad SMARTS) is 1. The highest BCUT2D eigenvalue weighted by Crippen LogP contribution is 2.43. The SMILES string of the molecule is COC(=O)/C=C\SC1=C(C(=O)O)N2C(=O)[C@@H](NC(=O)/C(=N/OCC(N)=O)c3csc(N)n3)[C@H]2SC1. The summed E-state index contributed by atoms with van der Waals surface area (Å²) in [6.45, 7) is -0.595. The fraction of sp³-hybridized carbons (Fsp3) is 0.278. The van der Waals surface area contributed by atoms with Crippen LogP contribution in [0.4, 0.5) is 5.13 Å². The molecular weight excluding hydrogens is 524 g/mol. The molecule has 3 rings (SSSR count). The Balaban J connectivity index is 1.77. The predicted molar refractivity (Wildman–Crippen MR) is 127 cm³/mol. The molecule has 35 heavy (non-hydrogen) atoms. The lowest BCUT2D eigenvalue weighted by molar-refractivity contribution is -0.150. The maximum atomic E-state index is 12.9. The van der Waals surface area contributed by atoms with Crippen molar-refractivity contribution in [3.05, 3.63) is 33.2 Å². The molecule has 2 atom stereocenters. The van der Waals surface area contributed by atoms with Gasteiger partial charge in [0.1, 0.15) is 22.8 Å². The molecule has 0 aliphatic carbocycles. The number of aromatic nitrogens is 1. The van der Waals surface area contributed by atoms with E-state index in [2.05, 4.69) is 20.2 Å². The number of oxime groups is 1. The van der Waals surface area contributed by atoms with Crippen LogP contribution in [0.1, 0.15) is 5.69 Å². The number of nitrogen functional groups attached to an aromatic ring is 1. The van der Waals surface area contributed by atoms with E-state index in [1.54, 1.807) is 0 Å². The van der Waals surface area contributed by atoms with Gasteiger partial charge in [0, 0.05) is 22.1 Å². The molecule has 1 aromatic heterocycles. The number of hydrogen-bond donors (Lipinski definition) is 4. The monoisotopic (exact) mass is 542 g/mol. The number of nitrogens with two attached hydrogens (primary N) is 2. The van der Waals surface area contributed by atoms with Gasteiger partial charge >= 0.3 is 11.9 Å². The number of ether oxygens (including phenoxy) is 1. The highest BCUT2D eigenvalue weighted by atomic mass is 32.2. The number of β-lactam (4-membered cyclic amide) rings is 1. The standard InChI is InChI=1S/C18H18N6O8S3/c1-31-10(26)2-3-33-8-6-34-16-12(15(28)24(16)13(8)17(29)30)22-14(27)11(23-32-4-9(19)25)7-5-35-18(20)21-7/h2-3,5,12,16H,4,6H2,1H3,(H2,19,25)(H2,20,21)(H,22,27)(H,29,30)/b3-2-,23-11+/t12-,16-/m1/s1. The van der Waals surface area contributed by atoms with Crippen molar-refractivity contribution in [2.24, 2.45) is 10.9 Å². The summed E-state index contributed by atoms with van der Waals surface area (Å²) >= 11 is 3.23. The first kappa shape index (κ1) is 26.0. The quantitative estimate of drug-likeness (QED) is 0.0925. The molecule has 2 aliphatic rings. The largest absolute Gasteiger partial charge is 0.477 e. The van der Waals surface area contributed by atoms with Crippen molar-refractivity contribution in [3.63, 3.8) is 0 Å². The number of anilines is 1. The topological polar surface area (TPSA) is 217 Å². The molecule has 17 heteroatoms. The highest BCUT2D eigenvalue weighted by Gasteiger charge is 2.54. The first-order valence-corrected chi connectivity index (χ1v) is 12.3. The fourth-order valence-corrected chi connectivity index (χ4v) is 5.75. The van der Waals surface area contributed by atoms with Crippen LogP contribution in [-0.4, -0.2) is 81.2 Å². The Labute approximate surface area is 209 Å². The lowest BCUT2D eigenvalue weighted by Crippen LogP contribution is -2.71. The third-order valence-corrected chi connectivity index (χ3v) is 7.41. The van der Waals surface area contributed by atoms with Gasteiger partial charge in [-0.3, -0.25) is 19.3 Å². The molecular formula is C18H18N6O8S3. The molecule has 0 spiro atoms. The minimum absolute atomic E-state index is 0.0524. The molecule has 3 amide bonds. The summed E-state index contributed by atoms with van der Waals surface area (Å²) in [5.41, 5.74) is 10.1. The Morgan fingerprint density at radius 2 is 2.17 bits per heavy atom. The van der Waals surface area contributed by atoms with Crippen molar-refractivity contribution < 1.29 is 38.7 Å². The first-order valence-electron chi connectivity index (χ1n) is 9.46. The molecule has 0 aromatic carbocycles. The zero-order valence-electron chi connectivity index (χ0n) is 17.8. The normalized spacial score (nSPS) is 19.7. The summed E-state index contributed by atoms with van der Waals surface area (Å²) in [6.07, 6.45) is 1.13. The maximum Gasteiger partial charge on any atom is 0.353 e. The number of nitrogens with zero attached hydrogens (tertiary/aromatic N) is 3. The molecule has 1 fully saturated rings. The molecule has 14 nitrogen and oxygen atoms in total. The number of thioether (sulfide) groups is 2. The number of carbonyl (C=O) groups is 5. The summed E-state index contributed by atoms with van der Waals surface area (Å²) in [7, 11) is 1.21. The minimum Gasteiger partial charge on any atom is -0.477 e. The van der Waals surface area contributed by atoms with E-state index < -0.39 is 47.7 Å². The number of rotatable bonds is 10. The fourth-order valence-electron chi connectivity index (χ4n) is 2.89. The Bertz CT molecular complexity index is 1160. The molecule has 0 bridgehead atoms. The number of carboxylic acids is 1. The van der Waals surface area contributed by atoms with Crippen molar-refractivity contribution >= 4 is 75.4 Å². The number of fused-ring (bicyclic) bond motifs is 1. The number of methoxy groups -OCH3 is 1. The average Bonchev–Trinajstić information content (AvgIpc) is 3.24. The van der Waals surface area contributed by atoms with Crippen LogP contribution >= 0.6 is 34.9 Å². The van der Waals surface area contributed by atoms with E-state index in [1.165, 1.54) is 29.7 Å². The second kappa shape index (κ2) is 11.2. The lowest BCUT2D eigenvalue weighted by Gasteiger charge is -2.49. The number of esters is 1. The van der Waals surface area contributed by atoms with Crippen molar-refractivity contribution in [2.45, 2.75) is 11.4 Å². The van der Waals surface area contributed by atoms with Crippen molar-refractivity contribution in [3.8, 4) is 0 Å². The predicted octanol–water partition coefficient (Wildman–Crippen LogP) is -0.953. The van der Waals surface area contributed by atoms with Crippen LogP contribution in [0.5, 0.6) is 0 Å². The molecule has 1 aromatic rings. The summed E-state index contributed by atoms with van der Waals surface area (Å²) < 4.78 is 4.49. The maximum absolute atomic E-state index is 12.9. The van der Waals surface area contributed by atoms with Gasteiger partial charge in [-0.15, -0.1) is 23.1 Å². The molecule has 0 saturated carbocycles. The summed E-state index contributed by atoms with van der Waals surface area (Å²) in [5.74, 6) is -4.05. The van der Waals surface area contributed by atoms with Crippen LogP contribution in [-0.2, 0) is 33.5 Å². The molecule has 2 aliphatic heterocycles. The van der Waals surface area contributed by atoms with Crippen LogP contribution in [0.15, 0.2) is 32.6 Å². The number of carbonyl (C=O) groups excluding carboxylic acids is 4. The molecule has 1 saturated heterocycles. The van der Waals surface area contributed by atoms with Crippen LogP contribution < -0.4 is 16.8 Å². The highest BCUT2D eigenvalue weighted by molar-refractivity contribution is 8.08. The Hall–Kier alpha value is -3.57. The van der Waals surface area contributed by atoms with Gasteiger partial charge in [0.2, 0.25) is 0 Å². The van der Waals surface area contributed by atoms with Crippen LogP contribution in [0.25, 0.3) is 0 Å². The zero-order valence-corrected chi connectivity index (χ0v) is 20.3. The number of primary amides is 1. The van der Waals surface area contributed by atoms with Crippen LogP contribution in [0.2, 0.25) is 0 Å². The smallest absolute Gasteiger partial charge is 0.353 e. The minimum atomic E-state index is -1.33. The summed E-state index contributed by atoms with van der Waals surface area (Å²) in [6, 6.07) is -1.06. The van der Waals surface area contributed by atoms with Crippen LogP contribution in [0, 0.1) is 0 Å². The number of amides is 3. The lowest BCUT2D eigenvalue weighted by atomic mass is 10.0. The van der Waals surface area contributed by atoms with E-state index in [0.717, 1.165) is 34.1 Å². The number of hydrogen-bond acceptors (Lipinski definition) is 13. The molecule has 6 N–H and O–H groups in total. The Morgan fingerprint density at radius 3 is 2.77 bits per heavy atom. The third kappa shape index (κ3) is 5.92. The van der Waals surface area contributed by atoms with E-state index >= 15 is 0 Å². The average molecular weight is 543 g/mol. The van der Waals surface area contributed by atoms with Gasteiger partial charge in [-0.05, 0) is 5.41 Å². The second-order valence-corrected chi connectivity index (χ2v) is 9.63. The Morgan fingerprint density at radius 1 is 1.43 bits per heavy atom. The van der Waals surface area contributed by atoms with Gasteiger partial charge in [0.05, 0.1) is 7.11 Å². The van der Waals surface area contributed by atoms with Crippen LogP contribution in [0.3, 0.4) is 0 Å². The molecule has 0 radical (unpaired) electrons. The molecule has 186 valence electrons. The zero-order chi connectivity index (χ0) is 25.7. The van der Waals surface area contributed by atoms with Gasteiger partial charge in [0.25, 0.3) is 17.7 Å². The summed E-state index contributed by atoms with van der Waals surface area (Å²) in [4.78, 5) is 69.9. The van der Waals surface area contributed by atoms with E-state index in [-0.39, 0.29) is 28.0 Å². The van der Waals surface area contributed by atoms with Crippen molar-refractivity contribution in [1.29, 1.82) is 0 Å². The van der Waals surface area contributed by atoms with E-state index in [1.807, 2.05) is 0 Å². The second-order valence-electron chi connectivity index (χ2n) is 6.63. The van der Waals surface area contributed by atoms with Gasteiger partial charge in [-0.2, -0.15) is 0 Å². The number of aliphatic carboxylic acids is 1. The van der Waals surface area contributed by atoms with Gasteiger partial charge in [-0.1, -0.05) is 16.9 Å².